The predicted molar refractivity (Wildman–Crippen MR) is 61.5 cm³/mol. The van der Waals surface area contributed by atoms with Gasteiger partial charge in [-0.2, -0.15) is 0 Å². The highest BCUT2D eigenvalue weighted by atomic mass is 16.2. The lowest BCUT2D eigenvalue weighted by Gasteiger charge is -2.43. The maximum absolute atomic E-state index is 12.1. The summed E-state index contributed by atoms with van der Waals surface area (Å²) < 4.78 is 0. The predicted octanol–water partition coefficient (Wildman–Crippen LogP) is 0.132. The van der Waals surface area contributed by atoms with Gasteiger partial charge in [0.1, 0.15) is 6.04 Å². The summed E-state index contributed by atoms with van der Waals surface area (Å²) in [4.78, 5) is 16.1. The van der Waals surface area contributed by atoms with Crippen LogP contribution in [0.4, 0.5) is 0 Å². The molecular weight excluding hydrogens is 190 g/mol. The van der Waals surface area contributed by atoms with Crippen molar-refractivity contribution in [1.29, 1.82) is 0 Å². The Hall–Kier alpha value is -0.610. The van der Waals surface area contributed by atoms with Crippen LogP contribution < -0.4 is 5.73 Å². The number of hydrogen-bond acceptors (Lipinski definition) is 3. The molecule has 1 rings (SSSR count). The van der Waals surface area contributed by atoms with E-state index in [1.807, 2.05) is 11.9 Å². The molecule has 4 heteroatoms. The molecule has 2 N–H and O–H groups in total. The highest BCUT2D eigenvalue weighted by molar-refractivity contribution is 5.83. The topological polar surface area (TPSA) is 49.6 Å². The van der Waals surface area contributed by atoms with Gasteiger partial charge in [0.05, 0.1) is 0 Å². The van der Waals surface area contributed by atoms with Gasteiger partial charge in [0.15, 0.2) is 0 Å². The van der Waals surface area contributed by atoms with Gasteiger partial charge in [-0.1, -0.05) is 13.8 Å². The third kappa shape index (κ3) is 2.69. The van der Waals surface area contributed by atoms with E-state index in [2.05, 4.69) is 25.7 Å². The number of likely N-dealkylation sites (N-methyl/N-ethyl adjacent to an activating group) is 1. The third-order valence-electron chi connectivity index (χ3n) is 3.08. The van der Waals surface area contributed by atoms with E-state index < -0.39 is 0 Å². The molecule has 4 nitrogen and oxygen atoms in total. The third-order valence-corrected chi connectivity index (χ3v) is 3.08. The van der Waals surface area contributed by atoms with Gasteiger partial charge < -0.3 is 10.6 Å². The van der Waals surface area contributed by atoms with Crippen molar-refractivity contribution < 1.29 is 4.79 Å². The molecule has 0 aromatic heterocycles. The normalized spacial score (nSPS) is 28.9. The Bertz CT molecular complexity index is 230. The minimum Gasteiger partial charge on any atom is -0.339 e. The zero-order valence-corrected chi connectivity index (χ0v) is 10.2. The van der Waals surface area contributed by atoms with Gasteiger partial charge >= 0.3 is 0 Å². The standard InChI is InChI=1S/C11H23N3O/c1-8(2)6-14-7-9(3)13(4)10(5-12)11(14)15/h8-10H,5-7,12H2,1-4H3. The van der Waals surface area contributed by atoms with Gasteiger partial charge in [-0.15, -0.1) is 0 Å². The minimum absolute atomic E-state index is 0.132. The van der Waals surface area contributed by atoms with Crippen molar-refractivity contribution in [2.75, 3.05) is 26.7 Å². The van der Waals surface area contributed by atoms with E-state index >= 15 is 0 Å². The summed E-state index contributed by atoms with van der Waals surface area (Å²) >= 11 is 0. The summed E-state index contributed by atoms with van der Waals surface area (Å²) in [5.74, 6) is 0.704. The van der Waals surface area contributed by atoms with Crippen LogP contribution in [0.5, 0.6) is 0 Å². The van der Waals surface area contributed by atoms with Crippen LogP contribution in [0.25, 0.3) is 0 Å². The monoisotopic (exact) mass is 213 g/mol. The molecule has 2 atom stereocenters. The molecule has 2 unspecified atom stereocenters. The summed E-state index contributed by atoms with van der Waals surface area (Å²) in [6.45, 7) is 8.48. The van der Waals surface area contributed by atoms with Crippen molar-refractivity contribution in [2.45, 2.75) is 32.9 Å². The van der Waals surface area contributed by atoms with E-state index in [-0.39, 0.29) is 11.9 Å². The molecular formula is C11H23N3O. The van der Waals surface area contributed by atoms with Crippen LogP contribution in [-0.2, 0) is 4.79 Å². The van der Waals surface area contributed by atoms with Gasteiger partial charge in [-0.05, 0) is 19.9 Å². The van der Waals surface area contributed by atoms with E-state index in [1.54, 1.807) is 0 Å². The second-order valence-corrected chi connectivity index (χ2v) is 4.90. The summed E-state index contributed by atoms with van der Waals surface area (Å²) in [6, 6.07) is 0.266. The Balaban J connectivity index is 2.71. The van der Waals surface area contributed by atoms with Gasteiger partial charge in [0.25, 0.3) is 0 Å². The number of hydrogen-bond donors (Lipinski definition) is 1. The molecule has 88 valence electrons. The van der Waals surface area contributed by atoms with Crippen molar-refractivity contribution in [3.63, 3.8) is 0 Å². The zero-order chi connectivity index (χ0) is 11.6. The van der Waals surface area contributed by atoms with Crippen LogP contribution in [0, 0.1) is 5.92 Å². The van der Waals surface area contributed by atoms with E-state index in [9.17, 15) is 4.79 Å². The van der Waals surface area contributed by atoms with Crippen LogP contribution in [0.15, 0.2) is 0 Å². The van der Waals surface area contributed by atoms with Crippen LogP contribution in [0.1, 0.15) is 20.8 Å². The lowest BCUT2D eigenvalue weighted by Crippen LogP contribution is -2.62. The number of carbonyl (C=O) groups is 1. The molecule has 1 heterocycles. The van der Waals surface area contributed by atoms with Crippen molar-refractivity contribution in [2.24, 2.45) is 11.7 Å². The van der Waals surface area contributed by atoms with Crippen LogP contribution in [0.2, 0.25) is 0 Å². The van der Waals surface area contributed by atoms with E-state index in [4.69, 9.17) is 5.73 Å². The first kappa shape index (κ1) is 12.5. The second-order valence-electron chi connectivity index (χ2n) is 4.90. The molecule has 0 bridgehead atoms. The number of amides is 1. The molecule has 0 radical (unpaired) electrons. The van der Waals surface area contributed by atoms with Gasteiger partial charge in [-0.25, -0.2) is 0 Å². The quantitative estimate of drug-likeness (QED) is 0.725. The van der Waals surface area contributed by atoms with Crippen LogP contribution in [0.3, 0.4) is 0 Å². The fourth-order valence-electron chi connectivity index (χ4n) is 2.10. The first-order valence-corrected chi connectivity index (χ1v) is 5.68. The van der Waals surface area contributed by atoms with E-state index in [0.29, 0.717) is 18.5 Å². The van der Waals surface area contributed by atoms with Gasteiger partial charge in [0.2, 0.25) is 5.91 Å². The molecule has 1 aliphatic rings. The zero-order valence-electron chi connectivity index (χ0n) is 10.2. The molecule has 1 amide bonds. The first-order chi connectivity index (χ1) is 6.97. The average Bonchev–Trinajstić information content (AvgIpc) is 2.14. The SMILES string of the molecule is CC(C)CN1CC(C)N(C)C(CN)C1=O. The van der Waals surface area contributed by atoms with Crippen molar-refractivity contribution in [3.05, 3.63) is 0 Å². The molecule has 0 aliphatic carbocycles. The summed E-state index contributed by atoms with van der Waals surface area (Å²) in [7, 11) is 1.98. The Kier molecular flexibility index (Phi) is 4.11. The molecule has 1 fully saturated rings. The largest absolute Gasteiger partial charge is 0.339 e. The Morgan fingerprint density at radius 1 is 1.53 bits per heavy atom. The molecule has 1 aliphatic heterocycles. The first-order valence-electron chi connectivity index (χ1n) is 5.68. The molecule has 0 aromatic carbocycles. The smallest absolute Gasteiger partial charge is 0.241 e. The lowest BCUT2D eigenvalue weighted by atomic mass is 10.1. The highest BCUT2D eigenvalue weighted by Gasteiger charge is 2.35. The number of nitrogens with zero attached hydrogens (tertiary/aromatic N) is 2. The molecule has 15 heavy (non-hydrogen) atoms. The fraction of sp³-hybridized carbons (Fsp3) is 0.909. The Morgan fingerprint density at radius 2 is 2.13 bits per heavy atom. The molecule has 0 saturated carbocycles. The Morgan fingerprint density at radius 3 is 2.60 bits per heavy atom. The molecule has 1 saturated heterocycles. The fourth-order valence-corrected chi connectivity index (χ4v) is 2.10. The van der Waals surface area contributed by atoms with Crippen molar-refractivity contribution in [1.82, 2.24) is 9.80 Å². The average molecular weight is 213 g/mol. The van der Waals surface area contributed by atoms with Crippen LogP contribution in [-0.4, -0.2) is 54.5 Å². The second kappa shape index (κ2) is 4.94. The maximum atomic E-state index is 12.1. The maximum Gasteiger partial charge on any atom is 0.241 e. The van der Waals surface area contributed by atoms with Crippen molar-refractivity contribution >= 4 is 5.91 Å². The van der Waals surface area contributed by atoms with E-state index in [0.717, 1.165) is 13.1 Å². The lowest BCUT2D eigenvalue weighted by molar-refractivity contribution is -0.143. The van der Waals surface area contributed by atoms with E-state index in [1.165, 1.54) is 0 Å². The highest BCUT2D eigenvalue weighted by Crippen LogP contribution is 2.15. The Labute approximate surface area is 92.4 Å². The van der Waals surface area contributed by atoms with Crippen LogP contribution >= 0.6 is 0 Å². The van der Waals surface area contributed by atoms with Gasteiger partial charge in [-0.3, -0.25) is 9.69 Å². The summed E-state index contributed by atoms with van der Waals surface area (Å²) in [6.07, 6.45) is 0. The summed E-state index contributed by atoms with van der Waals surface area (Å²) in [5, 5.41) is 0. The van der Waals surface area contributed by atoms with Crippen molar-refractivity contribution in [3.8, 4) is 0 Å². The number of carbonyl (C=O) groups excluding carboxylic acids is 1. The number of piperazine rings is 1. The molecule has 0 aromatic rings. The summed E-state index contributed by atoms with van der Waals surface area (Å²) in [5.41, 5.74) is 5.65. The minimum atomic E-state index is -0.132. The molecule has 0 spiro atoms. The number of nitrogens with two attached hydrogens (primary N) is 1. The number of rotatable bonds is 3. The van der Waals surface area contributed by atoms with Gasteiger partial charge in [0, 0.05) is 25.7 Å².